The van der Waals surface area contributed by atoms with Crippen LogP contribution in [0, 0.1) is 6.92 Å². The van der Waals surface area contributed by atoms with Crippen molar-refractivity contribution in [2.24, 2.45) is 7.05 Å². The lowest BCUT2D eigenvalue weighted by Crippen LogP contribution is -2.50. The van der Waals surface area contributed by atoms with Crippen LogP contribution in [0.4, 0.5) is 0 Å². The summed E-state index contributed by atoms with van der Waals surface area (Å²) in [5.74, 6) is 1.74. The van der Waals surface area contributed by atoms with Gasteiger partial charge < -0.3 is 18.8 Å². The number of carbonyl (C=O) groups excluding carboxylic acids is 1. The molecule has 0 unspecified atom stereocenters. The van der Waals surface area contributed by atoms with Gasteiger partial charge in [0.15, 0.2) is 11.0 Å². The molecule has 0 spiro atoms. The van der Waals surface area contributed by atoms with Crippen LogP contribution in [-0.4, -0.2) is 68.4 Å². The number of likely N-dealkylation sites (N-methyl/N-ethyl adjacent to an activating group) is 1. The molecule has 1 aliphatic heterocycles. The van der Waals surface area contributed by atoms with Crippen molar-refractivity contribution in [3.63, 3.8) is 0 Å². The molecule has 3 heterocycles. The van der Waals surface area contributed by atoms with Gasteiger partial charge in [0.1, 0.15) is 5.76 Å². The van der Waals surface area contributed by atoms with Crippen molar-refractivity contribution in [3.8, 4) is 11.4 Å². The number of hydrogen-bond donors (Lipinski definition) is 0. The van der Waals surface area contributed by atoms with Crippen molar-refractivity contribution in [2.45, 2.75) is 31.2 Å². The summed E-state index contributed by atoms with van der Waals surface area (Å²) in [6.07, 6.45) is 1.65. The zero-order valence-electron chi connectivity index (χ0n) is 15.2. The SMILES string of the molecule is CCN1CCN(C(=O)[C@@H](C)Sc2nnc(-c3ccoc3C)n2C)CC1. The molecule has 0 radical (unpaired) electrons. The maximum atomic E-state index is 12.7. The number of aryl methyl sites for hydroxylation is 1. The van der Waals surface area contributed by atoms with Crippen molar-refractivity contribution < 1.29 is 9.21 Å². The minimum absolute atomic E-state index is 0.171. The summed E-state index contributed by atoms with van der Waals surface area (Å²) >= 11 is 1.46. The van der Waals surface area contributed by atoms with Gasteiger partial charge in [-0.1, -0.05) is 18.7 Å². The first-order valence-electron chi connectivity index (χ1n) is 8.63. The fraction of sp³-hybridized carbons (Fsp3) is 0.588. The fourth-order valence-electron chi connectivity index (χ4n) is 3.02. The van der Waals surface area contributed by atoms with E-state index in [-0.39, 0.29) is 11.2 Å². The molecule has 3 rings (SSSR count). The van der Waals surface area contributed by atoms with Crippen LogP contribution < -0.4 is 0 Å². The van der Waals surface area contributed by atoms with Crippen molar-refractivity contribution >= 4 is 17.7 Å². The number of amides is 1. The molecule has 1 saturated heterocycles. The van der Waals surface area contributed by atoms with Crippen LogP contribution in [-0.2, 0) is 11.8 Å². The van der Waals surface area contributed by atoms with Crippen LogP contribution in [0.5, 0.6) is 0 Å². The van der Waals surface area contributed by atoms with Gasteiger partial charge in [-0.05, 0) is 26.5 Å². The highest BCUT2D eigenvalue weighted by Gasteiger charge is 2.26. The third-order valence-corrected chi connectivity index (χ3v) is 5.82. The number of hydrogen-bond acceptors (Lipinski definition) is 6. The van der Waals surface area contributed by atoms with Gasteiger partial charge in [0.25, 0.3) is 0 Å². The van der Waals surface area contributed by atoms with Crippen LogP contribution in [0.1, 0.15) is 19.6 Å². The summed E-state index contributed by atoms with van der Waals surface area (Å²) in [5, 5.41) is 9.08. The summed E-state index contributed by atoms with van der Waals surface area (Å²) in [5.41, 5.74) is 0.927. The third-order valence-electron chi connectivity index (χ3n) is 4.70. The quantitative estimate of drug-likeness (QED) is 0.757. The standard InChI is InChI=1S/C17H25N5O2S/c1-5-21-7-9-22(10-8-21)16(23)13(3)25-17-19-18-15(20(17)4)14-6-11-24-12(14)2/h6,11,13H,5,7-10H2,1-4H3/t13-/m1/s1. The average Bonchev–Trinajstić information content (AvgIpc) is 3.20. The molecular weight excluding hydrogens is 338 g/mol. The molecule has 2 aromatic heterocycles. The Balaban J connectivity index is 1.65. The largest absolute Gasteiger partial charge is 0.469 e. The maximum absolute atomic E-state index is 12.7. The first-order valence-corrected chi connectivity index (χ1v) is 9.50. The molecule has 1 fully saturated rings. The minimum Gasteiger partial charge on any atom is -0.469 e. The van der Waals surface area contributed by atoms with Gasteiger partial charge in [0.05, 0.1) is 17.1 Å². The topological polar surface area (TPSA) is 67.4 Å². The molecule has 0 bridgehead atoms. The molecule has 25 heavy (non-hydrogen) atoms. The van der Waals surface area contributed by atoms with Crippen molar-refractivity contribution in [1.82, 2.24) is 24.6 Å². The second-order valence-electron chi connectivity index (χ2n) is 6.28. The van der Waals surface area contributed by atoms with E-state index < -0.39 is 0 Å². The Kier molecular flexibility index (Phi) is 5.48. The second-order valence-corrected chi connectivity index (χ2v) is 7.58. The first kappa shape index (κ1) is 18.0. The molecule has 8 heteroatoms. The Hall–Kier alpha value is -1.80. The fourth-order valence-corrected chi connectivity index (χ4v) is 3.92. The first-order chi connectivity index (χ1) is 12.0. The smallest absolute Gasteiger partial charge is 0.235 e. The van der Waals surface area contributed by atoms with E-state index in [0.29, 0.717) is 0 Å². The summed E-state index contributed by atoms with van der Waals surface area (Å²) < 4.78 is 7.27. The molecule has 0 N–H and O–H groups in total. The van der Waals surface area contributed by atoms with Gasteiger partial charge in [-0.15, -0.1) is 10.2 Å². The summed E-state index contributed by atoms with van der Waals surface area (Å²) in [4.78, 5) is 17.0. The molecule has 0 aromatic carbocycles. The monoisotopic (exact) mass is 363 g/mol. The van der Waals surface area contributed by atoms with Crippen LogP contribution in [0.3, 0.4) is 0 Å². The van der Waals surface area contributed by atoms with Gasteiger partial charge in [-0.2, -0.15) is 0 Å². The summed E-state index contributed by atoms with van der Waals surface area (Å²) in [7, 11) is 1.92. The van der Waals surface area contributed by atoms with Gasteiger partial charge in [0, 0.05) is 33.2 Å². The molecule has 136 valence electrons. The summed E-state index contributed by atoms with van der Waals surface area (Å²) in [6, 6.07) is 1.88. The lowest BCUT2D eigenvalue weighted by Gasteiger charge is -2.35. The number of aromatic nitrogens is 3. The zero-order chi connectivity index (χ0) is 18.0. The molecule has 1 amide bonds. The van der Waals surface area contributed by atoms with E-state index >= 15 is 0 Å². The van der Waals surface area contributed by atoms with E-state index in [0.717, 1.165) is 55.0 Å². The highest BCUT2D eigenvalue weighted by atomic mass is 32.2. The molecule has 2 aromatic rings. The Morgan fingerprint density at radius 3 is 2.64 bits per heavy atom. The maximum Gasteiger partial charge on any atom is 0.235 e. The Morgan fingerprint density at radius 2 is 2.04 bits per heavy atom. The lowest BCUT2D eigenvalue weighted by atomic mass is 10.2. The Bertz CT molecular complexity index is 733. The number of rotatable bonds is 5. The Morgan fingerprint density at radius 1 is 1.32 bits per heavy atom. The molecule has 0 saturated carbocycles. The van der Waals surface area contributed by atoms with E-state index in [1.165, 1.54) is 11.8 Å². The third kappa shape index (κ3) is 3.74. The number of piperazine rings is 1. The molecule has 0 aliphatic carbocycles. The number of thioether (sulfide) groups is 1. The Labute approximate surface area is 152 Å². The van der Waals surface area contributed by atoms with E-state index in [1.54, 1.807) is 6.26 Å². The lowest BCUT2D eigenvalue weighted by molar-refractivity contribution is -0.132. The number of carbonyl (C=O) groups is 1. The normalized spacial score (nSPS) is 17.0. The average molecular weight is 363 g/mol. The molecule has 1 atom stereocenters. The number of nitrogens with zero attached hydrogens (tertiary/aromatic N) is 5. The predicted molar refractivity (Wildman–Crippen MR) is 97.5 cm³/mol. The van der Waals surface area contributed by atoms with E-state index in [4.69, 9.17) is 4.42 Å². The zero-order valence-corrected chi connectivity index (χ0v) is 16.0. The minimum atomic E-state index is -0.186. The molecule has 7 nitrogen and oxygen atoms in total. The summed E-state index contributed by atoms with van der Waals surface area (Å²) in [6.45, 7) is 10.5. The van der Waals surface area contributed by atoms with Gasteiger partial charge in [-0.25, -0.2) is 0 Å². The highest BCUT2D eigenvalue weighted by Crippen LogP contribution is 2.28. The predicted octanol–water partition coefficient (Wildman–Crippen LogP) is 2.03. The van der Waals surface area contributed by atoms with Crippen LogP contribution in [0.25, 0.3) is 11.4 Å². The molecular formula is C17H25N5O2S. The van der Waals surface area contributed by atoms with Crippen molar-refractivity contribution in [1.29, 1.82) is 0 Å². The van der Waals surface area contributed by atoms with E-state index in [1.807, 2.05) is 36.4 Å². The highest BCUT2D eigenvalue weighted by molar-refractivity contribution is 8.00. The second kappa shape index (κ2) is 7.61. The van der Waals surface area contributed by atoms with E-state index in [2.05, 4.69) is 22.0 Å². The molecule has 1 aliphatic rings. The van der Waals surface area contributed by atoms with Gasteiger partial charge >= 0.3 is 0 Å². The van der Waals surface area contributed by atoms with E-state index in [9.17, 15) is 4.79 Å². The van der Waals surface area contributed by atoms with Crippen molar-refractivity contribution in [3.05, 3.63) is 18.1 Å². The van der Waals surface area contributed by atoms with Gasteiger partial charge in [0.2, 0.25) is 5.91 Å². The van der Waals surface area contributed by atoms with Crippen LogP contribution >= 0.6 is 11.8 Å². The van der Waals surface area contributed by atoms with Crippen LogP contribution in [0.2, 0.25) is 0 Å². The van der Waals surface area contributed by atoms with Crippen molar-refractivity contribution in [2.75, 3.05) is 32.7 Å². The van der Waals surface area contributed by atoms with Gasteiger partial charge in [-0.3, -0.25) is 4.79 Å². The van der Waals surface area contributed by atoms with Crippen LogP contribution in [0.15, 0.2) is 21.9 Å². The number of furan rings is 1.